The van der Waals surface area contributed by atoms with Gasteiger partial charge in [-0.15, -0.1) is 0 Å². The number of carbonyl (C=O) groups is 2. The second-order valence-electron chi connectivity index (χ2n) is 9.78. The second kappa shape index (κ2) is 14.4. The van der Waals surface area contributed by atoms with E-state index < -0.39 is 22.2 Å². The molecule has 1 amide bonds. The van der Waals surface area contributed by atoms with E-state index in [0.717, 1.165) is 30.6 Å². The van der Waals surface area contributed by atoms with Gasteiger partial charge in [0.1, 0.15) is 0 Å². The van der Waals surface area contributed by atoms with Gasteiger partial charge in [0.2, 0.25) is 15.9 Å². The molecule has 2 aromatic carbocycles. The standard InChI is InChI=1S/C25H35N3O3S.C2HF3O2/c1-20(2)17-22-9-11-24(12-10-22)32(30,31)28(18-21(3)23-7-5-4-6-8-23)19-25(29)27-15-13-26-14-16-27;3-2(4,5)1(6)7/h4-12,20-21,26H,13-19H2,1-3H3;(H,6,7). The van der Waals surface area contributed by atoms with Crippen LogP contribution in [-0.2, 0) is 26.0 Å². The molecule has 1 unspecified atom stereocenters. The van der Waals surface area contributed by atoms with Crippen LogP contribution in [0.1, 0.15) is 37.8 Å². The molecule has 0 saturated carbocycles. The SMILES string of the molecule is CC(C)Cc1ccc(S(=O)(=O)N(CC(=O)N2CCNCC2)CC(C)c2ccccc2)cc1.O=C(O)C(F)(F)F. The van der Waals surface area contributed by atoms with Crippen LogP contribution in [0.25, 0.3) is 0 Å². The highest BCUT2D eigenvalue weighted by Crippen LogP contribution is 2.23. The number of nitrogens with one attached hydrogen (secondary N) is 1. The number of carboxylic acid groups (broad SMARTS) is 1. The second-order valence-corrected chi connectivity index (χ2v) is 11.7. The Bertz CT molecular complexity index is 1170. The Kier molecular flexibility index (Phi) is 11.9. The summed E-state index contributed by atoms with van der Waals surface area (Å²) in [5, 5.41) is 10.4. The number of benzene rings is 2. The number of hydrogen-bond acceptors (Lipinski definition) is 5. The first kappa shape index (κ1) is 32.3. The number of amides is 1. The first-order valence-electron chi connectivity index (χ1n) is 12.6. The molecule has 0 aromatic heterocycles. The van der Waals surface area contributed by atoms with Crippen LogP contribution in [0, 0.1) is 5.92 Å². The van der Waals surface area contributed by atoms with Crippen molar-refractivity contribution in [2.75, 3.05) is 39.3 Å². The summed E-state index contributed by atoms with van der Waals surface area (Å²) in [6.45, 7) is 9.05. The Hall–Kier alpha value is -2.96. The van der Waals surface area contributed by atoms with Gasteiger partial charge in [0.05, 0.1) is 11.4 Å². The van der Waals surface area contributed by atoms with Crippen LogP contribution in [-0.4, -0.2) is 80.1 Å². The van der Waals surface area contributed by atoms with E-state index >= 15 is 0 Å². The van der Waals surface area contributed by atoms with Crippen molar-refractivity contribution >= 4 is 21.9 Å². The van der Waals surface area contributed by atoms with Crippen LogP contribution in [0.15, 0.2) is 59.5 Å². The average Bonchev–Trinajstić information content (AvgIpc) is 2.89. The Labute approximate surface area is 227 Å². The van der Waals surface area contributed by atoms with Gasteiger partial charge in [0.25, 0.3) is 0 Å². The number of halogens is 3. The third-order valence-electron chi connectivity index (χ3n) is 6.07. The van der Waals surface area contributed by atoms with Gasteiger partial charge in [-0.1, -0.05) is 63.2 Å². The van der Waals surface area contributed by atoms with Crippen molar-refractivity contribution in [1.82, 2.24) is 14.5 Å². The van der Waals surface area contributed by atoms with E-state index in [4.69, 9.17) is 9.90 Å². The molecular weight excluding hydrogens is 535 g/mol. The molecule has 39 heavy (non-hydrogen) atoms. The zero-order valence-electron chi connectivity index (χ0n) is 22.3. The van der Waals surface area contributed by atoms with Crippen molar-refractivity contribution in [2.24, 2.45) is 5.92 Å². The number of alkyl halides is 3. The minimum atomic E-state index is -5.08. The zero-order valence-corrected chi connectivity index (χ0v) is 23.1. The van der Waals surface area contributed by atoms with Gasteiger partial charge in [-0.3, -0.25) is 4.79 Å². The smallest absolute Gasteiger partial charge is 0.475 e. The van der Waals surface area contributed by atoms with E-state index in [1.54, 1.807) is 17.0 Å². The molecule has 2 aromatic rings. The zero-order chi connectivity index (χ0) is 29.2. The topological polar surface area (TPSA) is 107 Å². The summed E-state index contributed by atoms with van der Waals surface area (Å²) in [4.78, 5) is 23.9. The van der Waals surface area contributed by atoms with Gasteiger partial charge in [0, 0.05) is 32.7 Å². The quantitative estimate of drug-likeness (QED) is 0.475. The van der Waals surface area contributed by atoms with Gasteiger partial charge in [-0.2, -0.15) is 17.5 Å². The lowest BCUT2D eigenvalue weighted by Crippen LogP contribution is -2.50. The number of nitrogens with zero attached hydrogens (tertiary/aromatic N) is 2. The summed E-state index contributed by atoms with van der Waals surface area (Å²) in [6.07, 6.45) is -4.18. The number of sulfonamides is 1. The number of carboxylic acids is 1. The molecule has 1 aliphatic rings. The maximum absolute atomic E-state index is 13.6. The molecule has 216 valence electrons. The van der Waals surface area contributed by atoms with Crippen molar-refractivity contribution < 1.29 is 36.3 Å². The number of aliphatic carboxylic acids is 1. The predicted octanol–water partition coefficient (Wildman–Crippen LogP) is 3.74. The van der Waals surface area contributed by atoms with Gasteiger partial charge < -0.3 is 15.3 Å². The summed E-state index contributed by atoms with van der Waals surface area (Å²) in [5.41, 5.74) is 2.16. The van der Waals surface area contributed by atoms with E-state index in [1.165, 1.54) is 4.31 Å². The van der Waals surface area contributed by atoms with Crippen molar-refractivity contribution in [3.8, 4) is 0 Å². The lowest BCUT2D eigenvalue weighted by Gasteiger charge is -2.31. The third kappa shape index (κ3) is 10.3. The minimum Gasteiger partial charge on any atom is -0.475 e. The molecular formula is C27H36F3N3O5S. The highest BCUT2D eigenvalue weighted by molar-refractivity contribution is 7.89. The Morgan fingerprint density at radius 2 is 1.54 bits per heavy atom. The lowest BCUT2D eigenvalue weighted by atomic mass is 10.0. The molecule has 8 nitrogen and oxygen atoms in total. The van der Waals surface area contributed by atoms with Gasteiger partial charge in [-0.05, 0) is 41.5 Å². The summed E-state index contributed by atoms with van der Waals surface area (Å²) < 4.78 is 60.3. The Morgan fingerprint density at radius 3 is 2.03 bits per heavy atom. The van der Waals surface area contributed by atoms with Crippen LogP contribution in [0.5, 0.6) is 0 Å². The van der Waals surface area contributed by atoms with Crippen molar-refractivity contribution in [3.05, 3.63) is 65.7 Å². The molecule has 1 saturated heterocycles. The summed E-state index contributed by atoms with van der Waals surface area (Å²) in [6, 6.07) is 16.9. The Balaban J connectivity index is 0.000000673. The molecule has 0 spiro atoms. The lowest BCUT2D eigenvalue weighted by molar-refractivity contribution is -0.192. The van der Waals surface area contributed by atoms with Crippen molar-refractivity contribution in [2.45, 2.75) is 44.2 Å². The number of rotatable bonds is 9. The van der Waals surface area contributed by atoms with Crippen LogP contribution >= 0.6 is 0 Å². The van der Waals surface area contributed by atoms with E-state index in [0.29, 0.717) is 19.0 Å². The van der Waals surface area contributed by atoms with Crippen molar-refractivity contribution in [1.29, 1.82) is 0 Å². The number of piperazine rings is 1. The summed E-state index contributed by atoms with van der Waals surface area (Å²) in [5.74, 6) is -2.45. The van der Waals surface area contributed by atoms with Crippen LogP contribution < -0.4 is 5.32 Å². The molecule has 12 heteroatoms. The number of carbonyl (C=O) groups excluding carboxylic acids is 1. The van der Waals surface area contributed by atoms with Crippen molar-refractivity contribution in [3.63, 3.8) is 0 Å². The fourth-order valence-electron chi connectivity index (χ4n) is 4.02. The highest BCUT2D eigenvalue weighted by Gasteiger charge is 2.38. The largest absolute Gasteiger partial charge is 0.490 e. The summed E-state index contributed by atoms with van der Waals surface area (Å²) in [7, 11) is -3.81. The molecule has 0 aliphatic carbocycles. The number of hydrogen-bond donors (Lipinski definition) is 2. The fourth-order valence-corrected chi connectivity index (χ4v) is 5.50. The maximum atomic E-state index is 13.6. The molecule has 2 N–H and O–H groups in total. The van der Waals surface area contributed by atoms with E-state index in [1.807, 2.05) is 49.4 Å². The average molecular weight is 572 g/mol. The predicted molar refractivity (Wildman–Crippen MR) is 142 cm³/mol. The highest BCUT2D eigenvalue weighted by atomic mass is 32.2. The molecule has 0 bridgehead atoms. The monoisotopic (exact) mass is 571 g/mol. The molecule has 1 heterocycles. The van der Waals surface area contributed by atoms with Gasteiger partial charge in [0.15, 0.2) is 0 Å². The van der Waals surface area contributed by atoms with Crippen LogP contribution in [0.4, 0.5) is 13.2 Å². The van der Waals surface area contributed by atoms with Gasteiger partial charge in [-0.25, -0.2) is 13.2 Å². The fraction of sp³-hybridized carbons (Fsp3) is 0.481. The first-order chi connectivity index (χ1) is 18.2. The van der Waals surface area contributed by atoms with E-state index in [-0.39, 0.29) is 29.8 Å². The van der Waals surface area contributed by atoms with Gasteiger partial charge >= 0.3 is 12.1 Å². The molecule has 1 fully saturated rings. The van der Waals surface area contributed by atoms with E-state index in [2.05, 4.69) is 19.2 Å². The normalized spacial score (nSPS) is 15.0. The van der Waals surface area contributed by atoms with Crippen LogP contribution in [0.3, 0.4) is 0 Å². The maximum Gasteiger partial charge on any atom is 0.490 e. The third-order valence-corrected chi connectivity index (χ3v) is 7.90. The molecule has 1 aliphatic heterocycles. The molecule has 1 atom stereocenters. The van der Waals surface area contributed by atoms with E-state index in [9.17, 15) is 26.4 Å². The first-order valence-corrected chi connectivity index (χ1v) is 14.1. The Morgan fingerprint density at radius 1 is 1.00 bits per heavy atom. The van der Waals surface area contributed by atoms with Crippen LogP contribution in [0.2, 0.25) is 0 Å². The molecule has 0 radical (unpaired) electrons. The molecule has 3 rings (SSSR count). The minimum absolute atomic E-state index is 0.0398. The summed E-state index contributed by atoms with van der Waals surface area (Å²) >= 11 is 0.